The lowest BCUT2D eigenvalue weighted by Crippen LogP contribution is -2.38. The van der Waals surface area contributed by atoms with Crippen molar-refractivity contribution in [3.05, 3.63) is 78.5 Å². The maximum Gasteiger partial charge on any atom is 0.333 e. The predicted molar refractivity (Wildman–Crippen MR) is 187 cm³/mol. The molecule has 5 rings (SSSR count). The number of methoxy groups -OCH3 is 2. The molecular formula is C37H45N3O7S. The average molecular weight is 676 g/mol. The number of carbonyl (C=O) groups excluding carboxylic acids is 2. The molecule has 256 valence electrons. The second-order valence-corrected chi connectivity index (χ2v) is 14.4. The summed E-state index contributed by atoms with van der Waals surface area (Å²) < 4.78 is 45.3. The molecule has 1 amide bonds. The van der Waals surface area contributed by atoms with Gasteiger partial charge in [-0.05, 0) is 31.0 Å². The van der Waals surface area contributed by atoms with Crippen molar-refractivity contribution in [2.45, 2.75) is 63.3 Å². The molecule has 0 saturated carbocycles. The molecule has 1 aromatic heterocycles. The Balaban J connectivity index is 1.48. The molecule has 1 unspecified atom stereocenters. The normalized spacial score (nSPS) is 15.6. The van der Waals surface area contributed by atoms with E-state index in [0.29, 0.717) is 17.8 Å². The van der Waals surface area contributed by atoms with Crippen LogP contribution < -0.4 is 19.7 Å². The quantitative estimate of drug-likeness (QED) is 0.139. The number of hydrogen-bond acceptors (Lipinski definition) is 8. The van der Waals surface area contributed by atoms with Gasteiger partial charge < -0.3 is 29.4 Å². The van der Waals surface area contributed by atoms with Gasteiger partial charge in [0.2, 0.25) is 0 Å². The topological polar surface area (TPSA) is 127 Å². The fraction of sp³-hybridized carbons (Fsp3) is 0.405. The van der Waals surface area contributed by atoms with Gasteiger partial charge in [-0.25, -0.2) is 13.2 Å². The van der Waals surface area contributed by atoms with Gasteiger partial charge in [-0.15, -0.1) is 0 Å². The zero-order valence-corrected chi connectivity index (χ0v) is 28.9. The third-order valence-corrected chi connectivity index (χ3v) is 11.1. The Morgan fingerprint density at radius 2 is 1.65 bits per heavy atom. The first-order valence-corrected chi connectivity index (χ1v) is 18.1. The number of H-pyrrole nitrogens is 1. The van der Waals surface area contributed by atoms with Gasteiger partial charge >= 0.3 is 5.97 Å². The summed E-state index contributed by atoms with van der Waals surface area (Å²) in [6.45, 7) is 4.30. The van der Waals surface area contributed by atoms with E-state index in [4.69, 9.17) is 14.2 Å². The highest BCUT2D eigenvalue weighted by Crippen LogP contribution is 2.48. The first-order chi connectivity index (χ1) is 23.1. The summed E-state index contributed by atoms with van der Waals surface area (Å²) in [6, 6.07) is 19.3. The van der Waals surface area contributed by atoms with Crippen LogP contribution in [0.1, 0.15) is 64.0 Å². The molecular weight excluding hydrogens is 630 g/mol. The Hall–Kier alpha value is -4.51. The lowest BCUT2D eigenvalue weighted by Gasteiger charge is -2.37. The summed E-state index contributed by atoms with van der Waals surface area (Å²) in [7, 11) is -1.07. The van der Waals surface area contributed by atoms with E-state index in [1.165, 1.54) is 20.3 Å². The molecule has 1 atom stereocenters. The Labute approximate surface area is 282 Å². The van der Waals surface area contributed by atoms with Gasteiger partial charge in [0.1, 0.15) is 0 Å². The summed E-state index contributed by atoms with van der Waals surface area (Å²) in [5.74, 6) is -0.835. The maximum atomic E-state index is 14.3. The van der Waals surface area contributed by atoms with Crippen molar-refractivity contribution in [3.8, 4) is 11.5 Å². The molecule has 0 radical (unpaired) electrons. The van der Waals surface area contributed by atoms with Crippen LogP contribution in [0.25, 0.3) is 10.9 Å². The molecule has 11 heteroatoms. The third kappa shape index (κ3) is 7.46. The number of amides is 1. The zero-order valence-electron chi connectivity index (χ0n) is 28.1. The lowest BCUT2D eigenvalue weighted by atomic mass is 9.79. The highest BCUT2D eigenvalue weighted by molar-refractivity contribution is 7.91. The number of nitrogens with one attached hydrogen (secondary N) is 2. The third-order valence-electron chi connectivity index (χ3n) is 9.08. The van der Waals surface area contributed by atoms with E-state index in [9.17, 15) is 18.0 Å². The van der Waals surface area contributed by atoms with Crippen LogP contribution in [-0.4, -0.2) is 58.4 Å². The number of rotatable bonds is 14. The first-order valence-electron chi connectivity index (χ1n) is 16.5. The van der Waals surface area contributed by atoms with E-state index >= 15 is 0 Å². The SMILES string of the molecule is CCCCC1(CCCC)CN(c2ccccc2)c2cc(OC)c(OCC(=O)NC(C(=O)OC)c3c[nH]c4ccccc34)cc2S(=O)(=O)C1. The van der Waals surface area contributed by atoms with Crippen molar-refractivity contribution in [2.24, 2.45) is 5.41 Å². The number of hydrogen-bond donors (Lipinski definition) is 2. The largest absolute Gasteiger partial charge is 0.493 e. The number of nitrogens with zero attached hydrogens (tertiary/aromatic N) is 1. The van der Waals surface area contributed by atoms with Crippen molar-refractivity contribution >= 4 is 44.0 Å². The van der Waals surface area contributed by atoms with Gasteiger partial charge in [-0.3, -0.25) is 4.79 Å². The average Bonchev–Trinajstić information content (AvgIpc) is 3.50. The molecule has 1 aliphatic heterocycles. The number of aromatic nitrogens is 1. The van der Waals surface area contributed by atoms with Crippen molar-refractivity contribution in [2.75, 3.05) is 38.0 Å². The molecule has 0 fully saturated rings. The smallest absolute Gasteiger partial charge is 0.333 e. The molecule has 4 aromatic rings. The fourth-order valence-corrected chi connectivity index (χ4v) is 8.76. The fourth-order valence-electron chi connectivity index (χ4n) is 6.64. The number of unbranched alkanes of at least 4 members (excludes halogenated alkanes) is 2. The number of sulfone groups is 1. The molecule has 0 spiro atoms. The van der Waals surface area contributed by atoms with E-state index in [0.717, 1.165) is 55.1 Å². The minimum atomic E-state index is -3.80. The standard InChI is InChI=1S/C37H45N3O7S/c1-5-7-18-37(19-8-6-2)24-40(26-14-10-9-11-15-26)30-20-31(45-3)32(21-33(30)48(43,44)25-37)47-23-34(41)39-35(36(42)46-4)28-22-38-29-17-13-12-16-27(28)29/h9-17,20-22,35,38H,5-8,18-19,23-25H2,1-4H3,(H,39,41). The first kappa shape index (κ1) is 34.8. The number of para-hydroxylation sites is 2. The second kappa shape index (κ2) is 15.1. The van der Waals surface area contributed by atoms with Crippen molar-refractivity contribution < 1.29 is 32.2 Å². The monoisotopic (exact) mass is 675 g/mol. The van der Waals surface area contributed by atoms with Gasteiger partial charge in [0.25, 0.3) is 5.91 Å². The molecule has 2 N–H and O–H groups in total. The number of aromatic amines is 1. The highest BCUT2D eigenvalue weighted by atomic mass is 32.2. The van der Waals surface area contributed by atoms with Gasteiger partial charge in [-0.1, -0.05) is 75.9 Å². The maximum absolute atomic E-state index is 14.3. The van der Waals surface area contributed by atoms with Crippen LogP contribution in [0, 0.1) is 5.41 Å². The Kier molecular flexibility index (Phi) is 11.0. The number of carbonyl (C=O) groups is 2. The number of fused-ring (bicyclic) bond motifs is 2. The van der Waals surface area contributed by atoms with E-state index in [1.807, 2.05) is 54.6 Å². The van der Waals surface area contributed by atoms with E-state index in [2.05, 4.69) is 29.0 Å². The summed E-state index contributed by atoms with van der Waals surface area (Å²) in [6.07, 6.45) is 7.03. The number of benzene rings is 3. The second-order valence-electron chi connectivity index (χ2n) is 12.5. The van der Waals surface area contributed by atoms with E-state index < -0.39 is 39.8 Å². The number of ether oxygens (including phenoxy) is 3. The lowest BCUT2D eigenvalue weighted by molar-refractivity contribution is -0.145. The Morgan fingerprint density at radius 1 is 0.958 bits per heavy atom. The number of anilines is 2. The molecule has 0 bridgehead atoms. The summed E-state index contributed by atoms with van der Waals surface area (Å²) in [5.41, 5.74) is 2.29. The van der Waals surface area contributed by atoms with Gasteiger partial charge in [-0.2, -0.15) is 0 Å². The molecule has 48 heavy (non-hydrogen) atoms. The minimum Gasteiger partial charge on any atom is -0.493 e. The van der Waals surface area contributed by atoms with Crippen LogP contribution in [0.5, 0.6) is 11.5 Å². The molecule has 2 heterocycles. The molecule has 0 saturated heterocycles. The Bertz CT molecular complexity index is 1830. The predicted octanol–water partition coefficient (Wildman–Crippen LogP) is 6.88. The molecule has 1 aliphatic rings. The van der Waals surface area contributed by atoms with Crippen LogP contribution in [0.15, 0.2) is 77.8 Å². The van der Waals surface area contributed by atoms with Crippen LogP contribution in [0.2, 0.25) is 0 Å². The summed E-state index contributed by atoms with van der Waals surface area (Å²) in [5, 5.41) is 3.48. The van der Waals surface area contributed by atoms with Crippen LogP contribution in [0.3, 0.4) is 0 Å². The van der Waals surface area contributed by atoms with Crippen molar-refractivity contribution in [1.29, 1.82) is 0 Å². The Morgan fingerprint density at radius 3 is 2.31 bits per heavy atom. The minimum absolute atomic E-state index is 0.00796. The van der Waals surface area contributed by atoms with Crippen molar-refractivity contribution in [1.82, 2.24) is 10.3 Å². The summed E-state index contributed by atoms with van der Waals surface area (Å²) in [4.78, 5) is 31.4. The van der Waals surface area contributed by atoms with Gasteiger partial charge in [0, 0.05) is 52.4 Å². The number of esters is 1. The molecule has 3 aromatic carbocycles. The van der Waals surface area contributed by atoms with Crippen LogP contribution >= 0.6 is 0 Å². The van der Waals surface area contributed by atoms with E-state index in [1.54, 1.807) is 12.3 Å². The summed E-state index contributed by atoms with van der Waals surface area (Å²) >= 11 is 0. The zero-order chi connectivity index (χ0) is 34.3. The van der Waals surface area contributed by atoms with Crippen LogP contribution in [0.4, 0.5) is 11.4 Å². The van der Waals surface area contributed by atoms with Crippen LogP contribution in [-0.2, 0) is 24.2 Å². The van der Waals surface area contributed by atoms with E-state index in [-0.39, 0.29) is 22.1 Å². The highest BCUT2D eigenvalue weighted by Gasteiger charge is 2.42. The van der Waals surface area contributed by atoms with Crippen molar-refractivity contribution in [3.63, 3.8) is 0 Å². The molecule has 10 nitrogen and oxygen atoms in total. The van der Waals surface area contributed by atoms with Gasteiger partial charge in [0.05, 0.1) is 30.6 Å². The molecule has 0 aliphatic carbocycles. The van der Waals surface area contributed by atoms with Gasteiger partial charge in [0.15, 0.2) is 34.0 Å².